The fraction of sp³-hybridized carbons (Fsp3) is 0.286. The Morgan fingerprint density at radius 1 is 1.26 bits per heavy atom. The molecule has 1 saturated heterocycles. The Bertz CT molecular complexity index is 1360. The van der Waals surface area contributed by atoms with E-state index < -0.39 is 5.82 Å². The predicted octanol–water partition coefficient (Wildman–Crippen LogP) is 3.96. The number of phenols is 1. The predicted molar refractivity (Wildman–Crippen MR) is 148 cm³/mol. The molecule has 2 aromatic carbocycles. The molecular weight excluding hydrogens is 525 g/mol. The molecule has 0 spiro atoms. The Balaban J connectivity index is 1.86. The molecule has 3 aromatic rings. The zero-order chi connectivity index (χ0) is 28.1. The van der Waals surface area contributed by atoms with Crippen LogP contribution < -0.4 is 9.64 Å². The number of nitrogens with zero attached hydrogens (tertiary/aromatic N) is 5. The highest BCUT2D eigenvalue weighted by atomic mass is 35.5. The minimum atomic E-state index is -0.709. The molecule has 0 bridgehead atoms. The second kappa shape index (κ2) is 12.1. The molecule has 1 fully saturated rings. The van der Waals surface area contributed by atoms with Crippen LogP contribution in [0.3, 0.4) is 0 Å². The van der Waals surface area contributed by atoms with Crippen LogP contribution in [0.25, 0.3) is 11.3 Å². The van der Waals surface area contributed by atoms with Crippen LogP contribution >= 0.6 is 11.6 Å². The summed E-state index contributed by atoms with van der Waals surface area (Å²) < 4.78 is 20.1. The van der Waals surface area contributed by atoms with Gasteiger partial charge in [0.15, 0.2) is 0 Å². The van der Waals surface area contributed by atoms with Crippen molar-refractivity contribution in [3.05, 3.63) is 70.5 Å². The van der Waals surface area contributed by atoms with Crippen LogP contribution in [-0.2, 0) is 16.1 Å². The van der Waals surface area contributed by atoms with Crippen molar-refractivity contribution in [3.63, 3.8) is 0 Å². The number of amides is 2. The Morgan fingerprint density at radius 3 is 2.59 bits per heavy atom. The van der Waals surface area contributed by atoms with E-state index in [1.807, 2.05) is 24.0 Å². The summed E-state index contributed by atoms with van der Waals surface area (Å²) in [6, 6.07) is 12.6. The molecule has 0 saturated carbocycles. The average molecular weight is 554 g/mol. The van der Waals surface area contributed by atoms with Gasteiger partial charge in [-0.05, 0) is 42.8 Å². The Hall–Kier alpha value is -4.18. The molecule has 204 valence electrons. The Morgan fingerprint density at radius 2 is 2.00 bits per heavy atom. The SMILES string of the molecule is CN=C(c1cc(Cl)c(-c2c(O)cccc2F)nc1N(C=O)Cc1ccc(OC)cc1)N1CCN(C=O)CC1C. The summed E-state index contributed by atoms with van der Waals surface area (Å²) in [7, 11) is 3.19. The molecule has 2 heterocycles. The quantitative estimate of drug-likeness (QED) is 0.258. The number of hydrogen-bond donors (Lipinski definition) is 1. The van der Waals surface area contributed by atoms with Gasteiger partial charge in [-0.15, -0.1) is 0 Å². The molecule has 2 amide bonds. The lowest BCUT2D eigenvalue weighted by molar-refractivity contribution is -0.120. The van der Waals surface area contributed by atoms with Crippen molar-refractivity contribution < 1.29 is 23.8 Å². The molecule has 1 unspecified atom stereocenters. The first kappa shape index (κ1) is 27.8. The number of rotatable bonds is 8. The number of amidine groups is 1. The zero-order valence-electron chi connectivity index (χ0n) is 21.8. The van der Waals surface area contributed by atoms with Crippen LogP contribution in [0.1, 0.15) is 18.1 Å². The first-order valence-corrected chi connectivity index (χ1v) is 12.6. The average Bonchev–Trinajstić information content (AvgIpc) is 2.94. The van der Waals surface area contributed by atoms with Crippen molar-refractivity contribution >= 4 is 36.1 Å². The maximum atomic E-state index is 14.9. The van der Waals surface area contributed by atoms with Gasteiger partial charge in [-0.1, -0.05) is 29.8 Å². The van der Waals surface area contributed by atoms with E-state index in [0.717, 1.165) is 12.0 Å². The molecule has 11 heteroatoms. The summed E-state index contributed by atoms with van der Waals surface area (Å²) in [5.41, 5.74) is 1.06. The number of ether oxygens (including phenoxy) is 1. The lowest BCUT2D eigenvalue weighted by Crippen LogP contribution is -2.54. The van der Waals surface area contributed by atoms with Crippen LogP contribution in [0.5, 0.6) is 11.5 Å². The number of carbonyl (C=O) groups is 2. The van der Waals surface area contributed by atoms with E-state index in [0.29, 0.717) is 43.2 Å². The molecule has 1 N–H and O–H groups in total. The number of piperazine rings is 1. The second-order valence-electron chi connectivity index (χ2n) is 9.10. The van der Waals surface area contributed by atoms with Gasteiger partial charge in [-0.25, -0.2) is 9.37 Å². The number of aromatic hydroxyl groups is 1. The number of halogens is 2. The standard InChI is InChI=1S/C28H29ClFN5O4/c1-18-14-33(16-36)11-12-35(18)27(31-2)21-13-22(29)26(25-23(30)5-4-6-24(25)38)32-28(21)34(17-37)15-19-7-9-20(39-3)10-8-19/h4-10,13,16-18,38H,11-12,14-15H2,1-3H3. The summed E-state index contributed by atoms with van der Waals surface area (Å²) in [5.74, 6) is 0.331. The third-order valence-corrected chi connectivity index (χ3v) is 6.92. The van der Waals surface area contributed by atoms with Crippen molar-refractivity contribution in [1.82, 2.24) is 14.8 Å². The summed E-state index contributed by atoms with van der Waals surface area (Å²) in [4.78, 5) is 38.1. The van der Waals surface area contributed by atoms with E-state index in [4.69, 9.17) is 16.3 Å². The maximum Gasteiger partial charge on any atom is 0.215 e. The Kier molecular flexibility index (Phi) is 8.65. The van der Waals surface area contributed by atoms with Crippen LogP contribution in [0.2, 0.25) is 5.02 Å². The lowest BCUT2D eigenvalue weighted by Gasteiger charge is -2.40. The number of methoxy groups -OCH3 is 1. The minimum Gasteiger partial charge on any atom is -0.507 e. The van der Waals surface area contributed by atoms with Crippen molar-refractivity contribution in [2.24, 2.45) is 4.99 Å². The van der Waals surface area contributed by atoms with Gasteiger partial charge in [0.25, 0.3) is 0 Å². The highest BCUT2D eigenvalue weighted by Crippen LogP contribution is 2.38. The number of pyridine rings is 1. The van der Waals surface area contributed by atoms with Crippen molar-refractivity contribution in [3.8, 4) is 22.8 Å². The molecule has 1 aliphatic heterocycles. The van der Waals surface area contributed by atoms with Crippen LogP contribution in [0.4, 0.5) is 10.2 Å². The maximum absolute atomic E-state index is 14.9. The minimum absolute atomic E-state index is 0.0122. The highest BCUT2D eigenvalue weighted by Gasteiger charge is 2.30. The van der Waals surface area contributed by atoms with Crippen LogP contribution in [0.15, 0.2) is 53.5 Å². The van der Waals surface area contributed by atoms with E-state index in [9.17, 15) is 19.1 Å². The second-order valence-corrected chi connectivity index (χ2v) is 9.50. The summed E-state index contributed by atoms with van der Waals surface area (Å²) in [6.45, 7) is 3.59. The summed E-state index contributed by atoms with van der Waals surface area (Å²) in [6.07, 6.45) is 1.45. The smallest absolute Gasteiger partial charge is 0.215 e. The number of carbonyl (C=O) groups excluding carboxylic acids is 2. The molecule has 0 radical (unpaired) electrons. The molecule has 4 rings (SSSR count). The van der Waals surface area contributed by atoms with Gasteiger partial charge >= 0.3 is 0 Å². The topological polar surface area (TPSA) is 98.6 Å². The number of aliphatic imine (C=N–C) groups is 1. The number of hydrogen-bond acceptors (Lipinski definition) is 6. The molecular formula is C28H29ClFN5O4. The number of anilines is 1. The summed E-state index contributed by atoms with van der Waals surface area (Å²) in [5, 5.41) is 10.5. The highest BCUT2D eigenvalue weighted by molar-refractivity contribution is 6.33. The molecule has 0 aliphatic carbocycles. The van der Waals surface area contributed by atoms with Gasteiger partial charge in [0.2, 0.25) is 12.8 Å². The largest absolute Gasteiger partial charge is 0.507 e. The monoisotopic (exact) mass is 553 g/mol. The molecule has 1 aliphatic rings. The van der Waals surface area contributed by atoms with E-state index in [1.165, 1.54) is 23.1 Å². The van der Waals surface area contributed by atoms with Gasteiger partial charge in [0.1, 0.15) is 29.0 Å². The van der Waals surface area contributed by atoms with Gasteiger partial charge < -0.3 is 19.6 Å². The third kappa shape index (κ3) is 5.80. The van der Waals surface area contributed by atoms with Crippen LogP contribution in [0, 0.1) is 5.82 Å². The van der Waals surface area contributed by atoms with Crippen molar-refractivity contribution in [2.75, 3.05) is 38.7 Å². The molecule has 9 nitrogen and oxygen atoms in total. The normalized spacial score (nSPS) is 15.7. The van der Waals surface area contributed by atoms with Gasteiger partial charge in [-0.3, -0.25) is 19.5 Å². The van der Waals surface area contributed by atoms with Gasteiger partial charge in [0.05, 0.1) is 35.5 Å². The molecule has 39 heavy (non-hydrogen) atoms. The number of aromatic nitrogens is 1. The van der Waals surface area contributed by atoms with E-state index in [2.05, 4.69) is 9.98 Å². The fourth-order valence-corrected chi connectivity index (χ4v) is 4.92. The fourth-order valence-electron chi connectivity index (χ4n) is 4.67. The number of phenolic OH excluding ortho intramolecular Hbond substituents is 1. The molecule has 1 aromatic heterocycles. The summed E-state index contributed by atoms with van der Waals surface area (Å²) >= 11 is 6.65. The van der Waals surface area contributed by atoms with E-state index >= 15 is 0 Å². The third-order valence-electron chi connectivity index (χ3n) is 6.63. The van der Waals surface area contributed by atoms with Gasteiger partial charge in [-0.2, -0.15) is 0 Å². The lowest BCUT2D eigenvalue weighted by atomic mass is 10.1. The first-order chi connectivity index (χ1) is 18.8. The van der Waals surface area contributed by atoms with E-state index in [1.54, 1.807) is 37.3 Å². The Labute approximate surface area is 231 Å². The zero-order valence-corrected chi connectivity index (χ0v) is 22.6. The van der Waals surface area contributed by atoms with E-state index in [-0.39, 0.29) is 40.4 Å². The van der Waals surface area contributed by atoms with Crippen molar-refractivity contribution in [1.29, 1.82) is 0 Å². The number of benzene rings is 2. The van der Waals surface area contributed by atoms with Crippen LogP contribution in [-0.4, -0.2) is 78.4 Å². The molecule has 1 atom stereocenters. The van der Waals surface area contributed by atoms with Crippen molar-refractivity contribution in [2.45, 2.75) is 19.5 Å². The van der Waals surface area contributed by atoms with Gasteiger partial charge in [0, 0.05) is 32.7 Å². The first-order valence-electron chi connectivity index (χ1n) is 12.3.